The van der Waals surface area contributed by atoms with Crippen molar-refractivity contribution in [3.63, 3.8) is 0 Å². The second kappa shape index (κ2) is 7.60. The van der Waals surface area contributed by atoms with Crippen molar-refractivity contribution in [1.82, 2.24) is 4.90 Å². The predicted octanol–water partition coefficient (Wildman–Crippen LogP) is 2.82. The molecule has 0 radical (unpaired) electrons. The summed E-state index contributed by atoms with van der Waals surface area (Å²) in [6, 6.07) is 10.9. The van der Waals surface area contributed by atoms with Crippen molar-refractivity contribution in [2.45, 2.75) is 19.4 Å². The monoisotopic (exact) mass is 395 g/mol. The molecule has 7 heteroatoms. The zero-order chi connectivity index (χ0) is 20.5. The van der Waals surface area contributed by atoms with Crippen LogP contribution in [0, 0.1) is 0 Å². The number of phenolic OH excluding ortho intramolecular Hbond substituents is 1. The van der Waals surface area contributed by atoms with Crippen LogP contribution in [0.3, 0.4) is 0 Å². The molecule has 0 saturated carbocycles. The molecule has 2 N–H and O–H groups in total. The summed E-state index contributed by atoms with van der Waals surface area (Å²) < 4.78 is 11.3. The molecule has 0 saturated heterocycles. The molecule has 2 aromatic carbocycles. The first kappa shape index (κ1) is 19.0. The molecule has 150 valence electrons. The van der Waals surface area contributed by atoms with E-state index >= 15 is 0 Å². The van der Waals surface area contributed by atoms with E-state index in [9.17, 15) is 19.8 Å². The molecule has 29 heavy (non-hydrogen) atoms. The number of aromatic hydroxyl groups is 1. The highest BCUT2D eigenvalue weighted by Gasteiger charge is 2.42. The average Bonchev–Trinajstić information content (AvgIpc) is 3.00. The minimum Gasteiger partial charge on any atom is -0.504 e. The van der Waals surface area contributed by atoms with Crippen molar-refractivity contribution in [3.05, 3.63) is 69.6 Å². The molecule has 7 nitrogen and oxygen atoms in total. The van der Waals surface area contributed by atoms with E-state index in [4.69, 9.17) is 9.15 Å². The Kier molecular flexibility index (Phi) is 4.98. The van der Waals surface area contributed by atoms with Crippen LogP contribution in [0.1, 0.15) is 41.1 Å². The standard InChI is InChI=1S/C22H21NO6/c1-2-28-17-12-13(8-9-15(17)25)19-18-20(26)14-6-3-4-7-16(14)29-21(18)22(27)23(19)10-5-11-24/h3-4,6-9,12,19,24-25H,2,5,10-11H2,1H3. The van der Waals surface area contributed by atoms with Gasteiger partial charge in [0, 0.05) is 13.2 Å². The van der Waals surface area contributed by atoms with Crippen molar-refractivity contribution >= 4 is 16.9 Å². The van der Waals surface area contributed by atoms with Crippen molar-refractivity contribution in [3.8, 4) is 11.5 Å². The molecular formula is C22H21NO6. The highest BCUT2D eigenvalue weighted by atomic mass is 16.5. The Hall–Kier alpha value is -3.32. The zero-order valence-corrected chi connectivity index (χ0v) is 15.9. The van der Waals surface area contributed by atoms with Gasteiger partial charge in [0.2, 0.25) is 5.76 Å². The maximum absolute atomic E-state index is 13.3. The van der Waals surface area contributed by atoms with Gasteiger partial charge in [0.15, 0.2) is 16.9 Å². The van der Waals surface area contributed by atoms with Gasteiger partial charge in [-0.1, -0.05) is 18.2 Å². The number of hydrogen-bond donors (Lipinski definition) is 2. The van der Waals surface area contributed by atoms with E-state index in [2.05, 4.69) is 0 Å². The lowest BCUT2D eigenvalue weighted by atomic mass is 9.98. The summed E-state index contributed by atoms with van der Waals surface area (Å²) in [4.78, 5) is 27.9. The quantitative estimate of drug-likeness (QED) is 0.666. The zero-order valence-electron chi connectivity index (χ0n) is 15.9. The van der Waals surface area contributed by atoms with Crippen LogP contribution in [-0.2, 0) is 0 Å². The second-order valence-corrected chi connectivity index (χ2v) is 6.81. The highest BCUT2D eigenvalue weighted by molar-refractivity contribution is 5.99. The normalized spacial score (nSPS) is 15.7. The fraction of sp³-hybridized carbons (Fsp3) is 0.273. The summed E-state index contributed by atoms with van der Waals surface area (Å²) in [5.41, 5.74) is 0.976. The number of rotatable bonds is 6. The van der Waals surface area contributed by atoms with Gasteiger partial charge in [0.05, 0.1) is 23.6 Å². The van der Waals surface area contributed by atoms with Gasteiger partial charge < -0.3 is 24.3 Å². The van der Waals surface area contributed by atoms with Gasteiger partial charge in [0.25, 0.3) is 5.91 Å². The topological polar surface area (TPSA) is 100 Å². The summed E-state index contributed by atoms with van der Waals surface area (Å²) in [6.07, 6.45) is 0.361. The van der Waals surface area contributed by atoms with Crippen LogP contribution in [0.25, 0.3) is 11.0 Å². The molecule has 1 atom stereocenters. The average molecular weight is 395 g/mol. The van der Waals surface area contributed by atoms with Crippen LogP contribution in [-0.4, -0.2) is 40.8 Å². The van der Waals surface area contributed by atoms with E-state index < -0.39 is 11.9 Å². The molecule has 1 unspecified atom stereocenters. The van der Waals surface area contributed by atoms with Gasteiger partial charge in [-0.25, -0.2) is 0 Å². The first-order chi connectivity index (χ1) is 14.1. The molecule has 2 heterocycles. The summed E-state index contributed by atoms with van der Waals surface area (Å²) in [6.45, 7) is 2.33. The summed E-state index contributed by atoms with van der Waals surface area (Å²) >= 11 is 0. The number of ether oxygens (including phenoxy) is 1. The van der Waals surface area contributed by atoms with Gasteiger partial charge in [0.1, 0.15) is 5.58 Å². The largest absolute Gasteiger partial charge is 0.504 e. The predicted molar refractivity (Wildman–Crippen MR) is 106 cm³/mol. The van der Waals surface area contributed by atoms with Gasteiger partial charge in [-0.2, -0.15) is 0 Å². The number of amides is 1. The fourth-order valence-corrected chi connectivity index (χ4v) is 3.76. The van der Waals surface area contributed by atoms with Gasteiger partial charge in [-0.15, -0.1) is 0 Å². The Bertz CT molecular complexity index is 1140. The molecule has 3 aromatic rings. The van der Waals surface area contributed by atoms with Gasteiger partial charge in [-0.3, -0.25) is 9.59 Å². The SMILES string of the molecule is CCOc1cc(C2c3c(oc4ccccc4c3=O)C(=O)N2CCCO)ccc1O. The number of fused-ring (bicyclic) bond motifs is 2. The lowest BCUT2D eigenvalue weighted by Crippen LogP contribution is -2.31. The number of hydrogen-bond acceptors (Lipinski definition) is 6. The van der Waals surface area contributed by atoms with E-state index in [1.807, 2.05) is 0 Å². The molecule has 0 fully saturated rings. The molecule has 4 rings (SSSR count). The molecule has 1 aliphatic rings. The van der Waals surface area contributed by atoms with E-state index in [-0.39, 0.29) is 41.4 Å². The Balaban J connectivity index is 1.94. The second-order valence-electron chi connectivity index (χ2n) is 6.81. The van der Waals surface area contributed by atoms with Crippen LogP contribution >= 0.6 is 0 Å². The van der Waals surface area contributed by atoms with Crippen LogP contribution in [0.2, 0.25) is 0 Å². The molecule has 0 bridgehead atoms. The summed E-state index contributed by atoms with van der Waals surface area (Å²) in [7, 11) is 0. The number of carbonyl (C=O) groups is 1. The number of phenols is 1. The smallest absolute Gasteiger partial charge is 0.290 e. The van der Waals surface area contributed by atoms with Crippen LogP contribution in [0.5, 0.6) is 11.5 Å². The van der Waals surface area contributed by atoms with E-state index in [1.54, 1.807) is 43.3 Å². The number of nitrogens with zero attached hydrogens (tertiary/aromatic N) is 1. The third kappa shape index (κ3) is 3.13. The minimum absolute atomic E-state index is 0.0164. The van der Waals surface area contributed by atoms with E-state index in [0.717, 1.165) is 0 Å². The van der Waals surface area contributed by atoms with Crippen molar-refractivity contribution < 1.29 is 24.2 Å². The number of para-hydroxylation sites is 1. The van der Waals surface area contributed by atoms with Crippen LogP contribution < -0.4 is 10.2 Å². The molecule has 0 spiro atoms. The van der Waals surface area contributed by atoms with Crippen molar-refractivity contribution in [1.29, 1.82) is 0 Å². The number of benzene rings is 2. The lowest BCUT2D eigenvalue weighted by molar-refractivity contribution is 0.0716. The van der Waals surface area contributed by atoms with Crippen LogP contribution in [0.15, 0.2) is 51.7 Å². The van der Waals surface area contributed by atoms with Gasteiger partial charge in [-0.05, 0) is 43.2 Å². The van der Waals surface area contributed by atoms with Crippen molar-refractivity contribution in [2.24, 2.45) is 0 Å². The maximum atomic E-state index is 13.3. The molecular weight excluding hydrogens is 374 g/mol. The number of aliphatic hydroxyl groups is 1. The first-order valence-corrected chi connectivity index (χ1v) is 9.50. The number of carbonyl (C=O) groups excluding carboxylic acids is 1. The third-order valence-electron chi connectivity index (χ3n) is 5.03. The van der Waals surface area contributed by atoms with E-state index in [1.165, 1.54) is 11.0 Å². The van der Waals surface area contributed by atoms with Gasteiger partial charge >= 0.3 is 0 Å². The maximum Gasteiger partial charge on any atom is 0.290 e. The number of aliphatic hydroxyl groups excluding tert-OH is 1. The molecule has 1 amide bonds. The third-order valence-corrected chi connectivity index (χ3v) is 5.03. The lowest BCUT2D eigenvalue weighted by Gasteiger charge is -2.25. The molecule has 0 aliphatic carbocycles. The van der Waals surface area contributed by atoms with Crippen LogP contribution in [0.4, 0.5) is 0 Å². The van der Waals surface area contributed by atoms with Crippen molar-refractivity contribution in [2.75, 3.05) is 19.8 Å². The Morgan fingerprint density at radius 1 is 1.17 bits per heavy atom. The molecule has 1 aliphatic heterocycles. The Labute approximate surface area is 166 Å². The fourth-order valence-electron chi connectivity index (χ4n) is 3.76. The van der Waals surface area contributed by atoms with E-state index in [0.29, 0.717) is 29.6 Å². The summed E-state index contributed by atoms with van der Waals surface area (Å²) in [5, 5.41) is 19.7. The highest BCUT2D eigenvalue weighted by Crippen LogP contribution is 2.40. The summed E-state index contributed by atoms with van der Waals surface area (Å²) in [5.74, 6) is -0.124. The minimum atomic E-state index is -0.690. The Morgan fingerprint density at radius 3 is 2.72 bits per heavy atom. The molecule has 1 aromatic heterocycles. The first-order valence-electron chi connectivity index (χ1n) is 9.50. The Morgan fingerprint density at radius 2 is 1.97 bits per heavy atom.